The van der Waals surface area contributed by atoms with Crippen LogP contribution in [0, 0.1) is 13.8 Å². The molecular weight excluding hydrogens is 288 g/mol. The second-order valence-corrected chi connectivity index (χ2v) is 5.26. The molecule has 6 heteroatoms. The van der Waals surface area contributed by atoms with Gasteiger partial charge in [-0.1, -0.05) is 11.6 Å². The molecule has 0 radical (unpaired) electrons. The summed E-state index contributed by atoms with van der Waals surface area (Å²) in [5.41, 5.74) is 3.59. The Kier molecular flexibility index (Phi) is 5.20. The van der Waals surface area contributed by atoms with Crippen molar-refractivity contribution in [3.8, 4) is 5.75 Å². The van der Waals surface area contributed by atoms with Gasteiger partial charge in [0, 0.05) is 18.8 Å². The monoisotopic (exact) mass is 308 g/mol. The van der Waals surface area contributed by atoms with Crippen LogP contribution in [-0.2, 0) is 19.7 Å². The van der Waals surface area contributed by atoms with Crippen LogP contribution in [0.4, 0.5) is 0 Å². The van der Waals surface area contributed by atoms with Crippen LogP contribution in [-0.4, -0.2) is 21.8 Å². The average Bonchev–Trinajstić information content (AvgIpc) is 2.74. The number of halogens is 1. The molecule has 0 saturated carbocycles. The lowest BCUT2D eigenvalue weighted by molar-refractivity contribution is 0.287. The molecule has 114 valence electrons. The molecule has 0 aliphatic carbocycles. The molecule has 0 unspecified atom stereocenters. The number of aryl methyl sites for hydroxylation is 3. The topological polar surface area (TPSA) is 52.0 Å². The lowest BCUT2D eigenvalue weighted by atomic mass is 10.3. The van der Waals surface area contributed by atoms with Gasteiger partial charge in [-0.2, -0.15) is 5.10 Å². The van der Waals surface area contributed by atoms with Crippen LogP contribution < -0.4 is 10.1 Å². The van der Waals surface area contributed by atoms with Crippen molar-refractivity contribution in [2.45, 2.75) is 40.5 Å². The lowest BCUT2D eigenvalue weighted by Crippen LogP contribution is -2.11. The SMILES string of the molecule is CCn1nc(C)c(Cl)c1COc1ccc(C)nc1CNC. The number of ether oxygens (including phenoxy) is 1. The first kappa shape index (κ1) is 15.8. The molecule has 5 nitrogen and oxygen atoms in total. The predicted molar refractivity (Wildman–Crippen MR) is 83.7 cm³/mol. The van der Waals surface area contributed by atoms with Gasteiger partial charge in [0.2, 0.25) is 0 Å². The highest BCUT2D eigenvalue weighted by Crippen LogP contribution is 2.23. The van der Waals surface area contributed by atoms with Gasteiger partial charge >= 0.3 is 0 Å². The molecule has 0 atom stereocenters. The highest BCUT2D eigenvalue weighted by molar-refractivity contribution is 6.31. The fourth-order valence-electron chi connectivity index (χ4n) is 2.18. The standard InChI is InChI=1S/C15H21ClN4O/c1-5-20-13(15(16)11(3)19-20)9-21-14-7-6-10(2)18-12(14)8-17-4/h6-7,17H,5,8-9H2,1-4H3. The van der Waals surface area contributed by atoms with Gasteiger partial charge in [-0.3, -0.25) is 9.67 Å². The van der Waals surface area contributed by atoms with Crippen LogP contribution >= 0.6 is 11.6 Å². The van der Waals surface area contributed by atoms with E-state index < -0.39 is 0 Å². The van der Waals surface area contributed by atoms with Crippen molar-refractivity contribution in [1.29, 1.82) is 0 Å². The molecular formula is C15H21ClN4O. The number of rotatable bonds is 6. The van der Waals surface area contributed by atoms with E-state index >= 15 is 0 Å². The van der Waals surface area contributed by atoms with E-state index in [4.69, 9.17) is 16.3 Å². The molecule has 21 heavy (non-hydrogen) atoms. The summed E-state index contributed by atoms with van der Waals surface area (Å²) in [6.07, 6.45) is 0. The minimum absolute atomic E-state index is 0.384. The van der Waals surface area contributed by atoms with Crippen molar-refractivity contribution in [1.82, 2.24) is 20.1 Å². The molecule has 0 fully saturated rings. The third kappa shape index (κ3) is 3.54. The van der Waals surface area contributed by atoms with Crippen LogP contribution in [0.1, 0.15) is 29.7 Å². The summed E-state index contributed by atoms with van der Waals surface area (Å²) >= 11 is 6.29. The highest BCUT2D eigenvalue weighted by Gasteiger charge is 2.14. The van der Waals surface area contributed by atoms with Gasteiger partial charge < -0.3 is 10.1 Å². The van der Waals surface area contributed by atoms with E-state index in [0.29, 0.717) is 18.2 Å². The van der Waals surface area contributed by atoms with E-state index in [0.717, 1.165) is 35.1 Å². The van der Waals surface area contributed by atoms with Crippen LogP contribution in [0.15, 0.2) is 12.1 Å². The van der Waals surface area contributed by atoms with Crippen LogP contribution in [0.5, 0.6) is 5.75 Å². The first-order valence-corrected chi connectivity index (χ1v) is 7.40. The maximum Gasteiger partial charge on any atom is 0.142 e. The van der Waals surface area contributed by atoms with Crippen molar-refractivity contribution < 1.29 is 4.74 Å². The highest BCUT2D eigenvalue weighted by atomic mass is 35.5. The second-order valence-electron chi connectivity index (χ2n) is 4.88. The first-order valence-electron chi connectivity index (χ1n) is 7.02. The van der Waals surface area contributed by atoms with Crippen molar-refractivity contribution in [2.75, 3.05) is 7.05 Å². The number of hydrogen-bond acceptors (Lipinski definition) is 4. The Hall–Kier alpha value is -1.59. The summed E-state index contributed by atoms with van der Waals surface area (Å²) < 4.78 is 7.79. The Morgan fingerprint density at radius 2 is 2.10 bits per heavy atom. The average molecular weight is 309 g/mol. The maximum atomic E-state index is 6.29. The van der Waals surface area contributed by atoms with Crippen LogP contribution in [0.25, 0.3) is 0 Å². The second kappa shape index (κ2) is 6.91. The number of nitrogens with zero attached hydrogens (tertiary/aromatic N) is 3. The van der Waals surface area contributed by atoms with Gasteiger partial charge in [-0.25, -0.2) is 0 Å². The fourth-order valence-corrected chi connectivity index (χ4v) is 2.37. The molecule has 2 aromatic heterocycles. The molecule has 2 heterocycles. The molecule has 0 saturated heterocycles. The van der Waals surface area contributed by atoms with Gasteiger partial charge in [0.05, 0.1) is 22.1 Å². The molecule has 2 aromatic rings. The molecule has 0 bridgehead atoms. The molecule has 0 spiro atoms. The van der Waals surface area contributed by atoms with Crippen molar-refractivity contribution in [3.63, 3.8) is 0 Å². The Bertz CT molecular complexity index is 624. The van der Waals surface area contributed by atoms with Crippen LogP contribution in [0.2, 0.25) is 5.02 Å². The van der Waals surface area contributed by atoms with Crippen molar-refractivity contribution in [3.05, 3.63) is 39.9 Å². The van der Waals surface area contributed by atoms with Gasteiger partial charge in [0.1, 0.15) is 12.4 Å². The van der Waals surface area contributed by atoms with Crippen LogP contribution in [0.3, 0.4) is 0 Å². The van der Waals surface area contributed by atoms with E-state index in [1.54, 1.807) is 0 Å². The summed E-state index contributed by atoms with van der Waals surface area (Å²) in [6, 6.07) is 3.89. The quantitative estimate of drug-likeness (QED) is 0.891. The summed E-state index contributed by atoms with van der Waals surface area (Å²) in [5.74, 6) is 0.771. The number of pyridine rings is 1. The summed E-state index contributed by atoms with van der Waals surface area (Å²) in [7, 11) is 1.89. The van der Waals surface area contributed by atoms with Gasteiger partial charge in [0.15, 0.2) is 0 Å². The smallest absolute Gasteiger partial charge is 0.142 e. The van der Waals surface area contributed by atoms with E-state index in [2.05, 4.69) is 15.4 Å². The van der Waals surface area contributed by atoms with Gasteiger partial charge in [0.25, 0.3) is 0 Å². The molecule has 0 aliphatic rings. The Labute approximate surface area is 130 Å². The number of hydrogen-bond donors (Lipinski definition) is 1. The Balaban J connectivity index is 2.20. The molecule has 2 rings (SSSR count). The zero-order chi connectivity index (χ0) is 15.4. The summed E-state index contributed by atoms with van der Waals surface area (Å²) in [4.78, 5) is 4.50. The van der Waals surface area contributed by atoms with E-state index in [1.807, 2.05) is 44.6 Å². The normalized spacial score (nSPS) is 10.9. The van der Waals surface area contributed by atoms with E-state index in [9.17, 15) is 0 Å². The first-order chi connectivity index (χ1) is 10.1. The third-order valence-corrected chi connectivity index (χ3v) is 3.72. The molecule has 0 aromatic carbocycles. The fraction of sp³-hybridized carbons (Fsp3) is 0.467. The lowest BCUT2D eigenvalue weighted by Gasteiger charge is -2.12. The zero-order valence-electron chi connectivity index (χ0n) is 12.9. The zero-order valence-corrected chi connectivity index (χ0v) is 13.7. The Morgan fingerprint density at radius 1 is 1.33 bits per heavy atom. The molecule has 0 amide bonds. The predicted octanol–water partition coefficient (Wildman–Crippen LogP) is 2.87. The van der Waals surface area contributed by atoms with E-state index in [-0.39, 0.29) is 0 Å². The molecule has 0 aliphatic heterocycles. The maximum absolute atomic E-state index is 6.29. The largest absolute Gasteiger partial charge is 0.485 e. The van der Waals surface area contributed by atoms with Gasteiger partial charge in [-0.05, 0) is 40.0 Å². The Morgan fingerprint density at radius 3 is 2.76 bits per heavy atom. The summed E-state index contributed by atoms with van der Waals surface area (Å²) in [6.45, 7) is 7.72. The van der Waals surface area contributed by atoms with Crippen molar-refractivity contribution in [2.24, 2.45) is 0 Å². The minimum atomic E-state index is 0.384. The van der Waals surface area contributed by atoms with Crippen molar-refractivity contribution >= 4 is 11.6 Å². The van der Waals surface area contributed by atoms with E-state index in [1.165, 1.54) is 0 Å². The number of aromatic nitrogens is 3. The minimum Gasteiger partial charge on any atom is -0.485 e. The summed E-state index contributed by atoms with van der Waals surface area (Å²) in [5, 5.41) is 8.17. The third-order valence-electron chi connectivity index (χ3n) is 3.23. The van der Waals surface area contributed by atoms with Gasteiger partial charge in [-0.15, -0.1) is 0 Å². The molecule has 1 N–H and O–H groups in total. The number of nitrogens with one attached hydrogen (secondary N) is 1.